The fraction of sp³-hybridized carbons (Fsp3) is 0.172. The highest BCUT2D eigenvalue weighted by Gasteiger charge is 2.24. The minimum atomic E-state index is -0.695. The molecular weight excluding hydrogens is 511 g/mol. The number of hydrogen-bond donors (Lipinski definition) is 1. The first-order valence-corrected chi connectivity index (χ1v) is 12.4. The third-order valence-corrected chi connectivity index (χ3v) is 7.05. The summed E-state index contributed by atoms with van der Waals surface area (Å²) in [6.45, 7) is 0.620. The van der Waals surface area contributed by atoms with E-state index in [2.05, 4.69) is 16.4 Å². The lowest BCUT2D eigenvalue weighted by molar-refractivity contribution is 0.0297. The van der Waals surface area contributed by atoms with Gasteiger partial charge in [0.15, 0.2) is 11.5 Å². The summed E-state index contributed by atoms with van der Waals surface area (Å²) in [5.74, 6) is 0.632. The molecule has 8 heteroatoms. The lowest BCUT2D eigenvalue weighted by atomic mass is 9.93. The molecule has 4 aromatic rings. The van der Waals surface area contributed by atoms with Crippen LogP contribution in [0.1, 0.15) is 33.2 Å². The first-order valence-electron chi connectivity index (χ1n) is 11.7. The van der Waals surface area contributed by atoms with Gasteiger partial charge in [0.1, 0.15) is 6.10 Å². The van der Waals surface area contributed by atoms with Crippen LogP contribution in [0.3, 0.4) is 0 Å². The number of hydrogen-bond acceptors (Lipinski definition) is 6. The summed E-state index contributed by atoms with van der Waals surface area (Å²) >= 11 is 12.8. The van der Waals surface area contributed by atoms with E-state index < -0.39 is 12.1 Å². The van der Waals surface area contributed by atoms with E-state index in [4.69, 9.17) is 37.4 Å². The van der Waals surface area contributed by atoms with Gasteiger partial charge in [-0.2, -0.15) is 0 Å². The van der Waals surface area contributed by atoms with Gasteiger partial charge >= 0.3 is 5.97 Å². The Morgan fingerprint density at radius 2 is 1.70 bits per heavy atom. The van der Waals surface area contributed by atoms with Crippen molar-refractivity contribution < 1.29 is 19.0 Å². The molecule has 0 aliphatic carbocycles. The zero-order valence-corrected chi connectivity index (χ0v) is 21.8. The Morgan fingerprint density at radius 3 is 2.46 bits per heavy atom. The second-order valence-corrected chi connectivity index (χ2v) is 9.38. The Hall–Kier alpha value is -3.74. The van der Waals surface area contributed by atoms with Gasteiger partial charge in [0, 0.05) is 36.6 Å². The smallest absolute Gasteiger partial charge is 0.338 e. The Kier molecular flexibility index (Phi) is 7.22. The van der Waals surface area contributed by atoms with Crippen LogP contribution in [0.25, 0.3) is 11.1 Å². The van der Waals surface area contributed by atoms with E-state index in [1.807, 2.05) is 36.4 Å². The molecule has 0 radical (unpaired) electrons. The van der Waals surface area contributed by atoms with Crippen molar-refractivity contribution in [1.29, 1.82) is 0 Å². The number of halogens is 2. The first-order chi connectivity index (χ1) is 18.0. The minimum Gasteiger partial charge on any atom is -0.493 e. The molecule has 1 N–H and O–H groups in total. The number of nitrogens with one attached hydrogen (secondary N) is 1. The van der Waals surface area contributed by atoms with Crippen LogP contribution in [-0.2, 0) is 17.7 Å². The molecule has 37 heavy (non-hydrogen) atoms. The van der Waals surface area contributed by atoms with Crippen molar-refractivity contribution in [1.82, 2.24) is 4.98 Å². The van der Waals surface area contributed by atoms with Gasteiger partial charge in [0.2, 0.25) is 0 Å². The van der Waals surface area contributed by atoms with Gasteiger partial charge in [0.25, 0.3) is 0 Å². The van der Waals surface area contributed by atoms with E-state index in [0.29, 0.717) is 44.8 Å². The number of benzene rings is 3. The lowest BCUT2D eigenvalue weighted by Crippen LogP contribution is -2.16. The molecule has 0 saturated carbocycles. The number of methoxy groups -OCH3 is 2. The summed E-state index contributed by atoms with van der Waals surface area (Å²) in [4.78, 5) is 17.4. The number of ether oxygens (including phenoxy) is 3. The van der Waals surface area contributed by atoms with Crippen molar-refractivity contribution >= 4 is 34.9 Å². The van der Waals surface area contributed by atoms with Crippen LogP contribution in [0.4, 0.5) is 5.69 Å². The van der Waals surface area contributed by atoms with Crippen LogP contribution in [0.15, 0.2) is 73.1 Å². The highest BCUT2D eigenvalue weighted by molar-refractivity contribution is 6.35. The first kappa shape index (κ1) is 24.9. The molecular formula is C29H24Cl2N2O4. The normalized spacial score (nSPS) is 12.5. The molecule has 1 aliphatic rings. The molecule has 0 spiro atoms. The standard InChI is InChI=1S/C29H24Cl2N2O4/c1-35-26-10-8-17(12-28(26)36-2)27(13-22-23(30)15-32-16-24(22)31)37-29(34)18-7-9-20-19(11-18)14-33-25-6-4-3-5-21(20)25/h3-12,15-16,27,33H,13-14H2,1-2H3. The average Bonchev–Trinajstić information content (AvgIpc) is 2.93. The number of fused-ring (bicyclic) bond motifs is 3. The van der Waals surface area contributed by atoms with Crippen molar-refractivity contribution in [3.05, 3.63) is 105 Å². The van der Waals surface area contributed by atoms with Crippen LogP contribution in [-0.4, -0.2) is 25.2 Å². The van der Waals surface area contributed by atoms with Gasteiger partial charge in [-0.1, -0.05) is 53.5 Å². The largest absolute Gasteiger partial charge is 0.493 e. The highest BCUT2D eigenvalue weighted by atomic mass is 35.5. The maximum absolute atomic E-state index is 13.4. The number of anilines is 1. The number of nitrogens with zero attached hydrogens (tertiary/aromatic N) is 1. The third-order valence-electron chi connectivity index (χ3n) is 6.40. The predicted octanol–water partition coefficient (Wildman–Crippen LogP) is 7.14. The van der Waals surface area contributed by atoms with Crippen LogP contribution < -0.4 is 14.8 Å². The van der Waals surface area contributed by atoms with E-state index in [-0.39, 0.29) is 6.42 Å². The molecule has 1 aromatic heterocycles. The third kappa shape index (κ3) is 5.08. The summed E-state index contributed by atoms with van der Waals surface area (Å²) in [6.07, 6.45) is 2.59. The van der Waals surface area contributed by atoms with E-state index >= 15 is 0 Å². The van der Waals surface area contributed by atoms with Crippen LogP contribution in [0.5, 0.6) is 11.5 Å². The fourth-order valence-electron chi connectivity index (χ4n) is 4.49. The van der Waals surface area contributed by atoms with Crippen LogP contribution in [0, 0.1) is 0 Å². The maximum atomic E-state index is 13.4. The summed E-state index contributed by atoms with van der Waals surface area (Å²) in [5.41, 5.74) is 6.10. The van der Waals surface area contributed by atoms with Crippen molar-refractivity contribution in [2.45, 2.75) is 19.1 Å². The number of rotatable bonds is 7. The van der Waals surface area contributed by atoms with E-state index in [0.717, 1.165) is 22.4 Å². The Morgan fingerprint density at radius 1 is 0.946 bits per heavy atom. The van der Waals surface area contributed by atoms with Gasteiger partial charge in [-0.3, -0.25) is 4.98 Å². The Bertz CT molecular complexity index is 1450. The number of pyridine rings is 1. The number of carbonyl (C=O) groups excluding carboxylic acids is 1. The molecule has 1 atom stereocenters. The molecule has 5 rings (SSSR count). The summed E-state index contributed by atoms with van der Waals surface area (Å²) in [6, 6.07) is 19.1. The molecule has 188 valence electrons. The van der Waals surface area contributed by atoms with E-state index in [1.165, 1.54) is 12.4 Å². The molecule has 0 saturated heterocycles. The number of carbonyl (C=O) groups is 1. The highest BCUT2D eigenvalue weighted by Crippen LogP contribution is 2.38. The lowest BCUT2D eigenvalue weighted by Gasteiger charge is -2.23. The van der Waals surface area contributed by atoms with Gasteiger partial charge in [-0.05, 0) is 52.6 Å². The second-order valence-electron chi connectivity index (χ2n) is 8.57. The quantitative estimate of drug-likeness (QED) is 0.254. The molecule has 3 aromatic carbocycles. The Labute approximate surface area is 225 Å². The topological polar surface area (TPSA) is 69.7 Å². The van der Waals surface area contributed by atoms with Gasteiger partial charge in [-0.15, -0.1) is 0 Å². The van der Waals surface area contributed by atoms with Crippen molar-refractivity contribution in [2.24, 2.45) is 0 Å². The average molecular weight is 535 g/mol. The Balaban J connectivity index is 1.48. The molecule has 0 bridgehead atoms. The van der Waals surface area contributed by atoms with Crippen molar-refractivity contribution in [3.8, 4) is 22.6 Å². The van der Waals surface area contributed by atoms with Gasteiger partial charge in [-0.25, -0.2) is 4.79 Å². The number of para-hydroxylation sites is 1. The SMILES string of the molecule is COc1ccc(C(Cc2c(Cl)cncc2Cl)OC(=O)c2ccc3c(c2)CNc2ccccc2-3)cc1OC. The molecule has 0 amide bonds. The van der Waals surface area contributed by atoms with Gasteiger partial charge in [0.05, 0.1) is 29.8 Å². The van der Waals surface area contributed by atoms with Gasteiger partial charge < -0.3 is 19.5 Å². The molecule has 0 fully saturated rings. The zero-order chi connectivity index (χ0) is 25.9. The van der Waals surface area contributed by atoms with Crippen LogP contribution >= 0.6 is 23.2 Å². The molecule has 1 aliphatic heterocycles. The maximum Gasteiger partial charge on any atom is 0.338 e. The predicted molar refractivity (Wildman–Crippen MR) is 145 cm³/mol. The minimum absolute atomic E-state index is 0.251. The monoisotopic (exact) mass is 534 g/mol. The summed E-state index contributed by atoms with van der Waals surface area (Å²) in [5, 5.41) is 4.20. The second kappa shape index (κ2) is 10.7. The number of esters is 1. The van der Waals surface area contributed by atoms with Crippen molar-refractivity contribution in [2.75, 3.05) is 19.5 Å². The molecule has 2 heterocycles. The zero-order valence-electron chi connectivity index (χ0n) is 20.3. The molecule has 1 unspecified atom stereocenters. The van der Waals surface area contributed by atoms with Crippen molar-refractivity contribution in [3.63, 3.8) is 0 Å². The van der Waals surface area contributed by atoms with Crippen LogP contribution in [0.2, 0.25) is 10.0 Å². The fourth-order valence-corrected chi connectivity index (χ4v) is 5.01. The molecule has 6 nitrogen and oxygen atoms in total. The number of aromatic nitrogens is 1. The van der Waals surface area contributed by atoms with E-state index in [1.54, 1.807) is 32.4 Å². The summed E-state index contributed by atoms with van der Waals surface area (Å²) in [7, 11) is 3.12. The van der Waals surface area contributed by atoms with E-state index in [9.17, 15) is 4.79 Å². The summed E-state index contributed by atoms with van der Waals surface area (Å²) < 4.78 is 16.9.